The number of aromatic hydroxyl groups is 1. The van der Waals surface area contributed by atoms with Gasteiger partial charge in [0.05, 0.1) is 12.6 Å². The Labute approximate surface area is 167 Å². The summed E-state index contributed by atoms with van der Waals surface area (Å²) < 4.78 is 0. The number of nitrogens with two attached hydrogens (primary N) is 1. The van der Waals surface area contributed by atoms with Crippen molar-refractivity contribution in [3.05, 3.63) is 64.7 Å². The van der Waals surface area contributed by atoms with Gasteiger partial charge < -0.3 is 26.3 Å². The molecule has 0 spiro atoms. The Morgan fingerprint density at radius 3 is 2.14 bits per heavy atom. The van der Waals surface area contributed by atoms with Crippen LogP contribution < -0.4 is 16.4 Å². The maximum atomic E-state index is 12.7. The zero-order chi connectivity index (χ0) is 20.5. The molecule has 0 aromatic heterocycles. The summed E-state index contributed by atoms with van der Waals surface area (Å²) in [7, 11) is 0. The van der Waals surface area contributed by atoms with Gasteiger partial charge in [0.25, 0.3) is 0 Å². The lowest BCUT2D eigenvalue weighted by Crippen LogP contribution is -2.52. The molecule has 2 aromatic carbocycles. The van der Waals surface area contributed by atoms with Crippen molar-refractivity contribution in [3.63, 3.8) is 0 Å². The molecule has 2 amide bonds. The maximum absolute atomic E-state index is 12.7. The zero-order valence-corrected chi connectivity index (χ0v) is 15.9. The van der Waals surface area contributed by atoms with Gasteiger partial charge >= 0.3 is 0 Å². The number of carbonyl (C=O) groups is 3. The van der Waals surface area contributed by atoms with Crippen LogP contribution in [0.25, 0.3) is 0 Å². The van der Waals surface area contributed by atoms with E-state index < -0.39 is 23.9 Å². The molecule has 5 N–H and O–H groups in total. The summed E-state index contributed by atoms with van der Waals surface area (Å²) in [6.45, 7) is -0.255. The minimum absolute atomic E-state index is 0.114. The summed E-state index contributed by atoms with van der Waals surface area (Å²) in [4.78, 5) is 35.8. The zero-order valence-electron chi connectivity index (χ0n) is 15.1. The first-order chi connectivity index (χ1) is 13.4. The molecule has 0 bridgehead atoms. The number of nitrogens with one attached hydrogen (secondary N) is 2. The maximum Gasteiger partial charge on any atom is 0.243 e. The summed E-state index contributed by atoms with van der Waals surface area (Å²) in [5.41, 5.74) is 6.91. The topological polar surface area (TPSA) is 122 Å². The average Bonchev–Trinajstić information content (AvgIpc) is 2.69. The largest absolute Gasteiger partial charge is 0.508 e. The van der Waals surface area contributed by atoms with E-state index in [0.717, 1.165) is 11.1 Å². The van der Waals surface area contributed by atoms with E-state index in [4.69, 9.17) is 17.3 Å². The van der Waals surface area contributed by atoms with Crippen molar-refractivity contribution in [1.29, 1.82) is 0 Å². The lowest BCUT2D eigenvalue weighted by atomic mass is 10.0. The third-order valence-corrected chi connectivity index (χ3v) is 4.33. The predicted octanol–water partition coefficient (Wildman–Crippen LogP) is 0.958. The molecule has 0 radical (unpaired) electrons. The van der Waals surface area contributed by atoms with Gasteiger partial charge in [-0.15, -0.1) is 0 Å². The standard InChI is InChI=1S/C20H22ClN3O4/c21-15-5-1-14(2-6-15)10-18(24-19(27)11-22)20(28)23-16(12-25)9-13-3-7-17(26)8-4-13/h1-8,12,16,18,26H,9-11,22H2,(H,23,28)(H,24,27)/t16-,18-/m0/s1. The van der Waals surface area contributed by atoms with Crippen LogP contribution in [0.3, 0.4) is 0 Å². The number of amides is 2. The predicted molar refractivity (Wildman–Crippen MR) is 106 cm³/mol. The average molecular weight is 404 g/mol. The van der Waals surface area contributed by atoms with E-state index in [0.29, 0.717) is 11.3 Å². The van der Waals surface area contributed by atoms with Gasteiger partial charge in [0, 0.05) is 11.4 Å². The third kappa shape index (κ3) is 6.68. The van der Waals surface area contributed by atoms with E-state index in [1.807, 2.05) is 0 Å². The van der Waals surface area contributed by atoms with Crippen molar-refractivity contribution in [3.8, 4) is 5.75 Å². The van der Waals surface area contributed by atoms with Crippen molar-refractivity contribution < 1.29 is 19.5 Å². The van der Waals surface area contributed by atoms with Crippen molar-refractivity contribution in [2.45, 2.75) is 24.9 Å². The fourth-order valence-electron chi connectivity index (χ4n) is 2.62. The molecule has 0 unspecified atom stereocenters. The Morgan fingerprint density at radius 2 is 1.57 bits per heavy atom. The molecular formula is C20H22ClN3O4. The molecule has 0 heterocycles. The van der Waals surface area contributed by atoms with Crippen LogP contribution in [0, 0.1) is 0 Å². The van der Waals surface area contributed by atoms with Gasteiger partial charge in [0.2, 0.25) is 11.8 Å². The third-order valence-electron chi connectivity index (χ3n) is 4.07. The van der Waals surface area contributed by atoms with E-state index in [2.05, 4.69) is 10.6 Å². The van der Waals surface area contributed by atoms with Gasteiger partial charge in [0.1, 0.15) is 18.1 Å². The first-order valence-corrected chi connectivity index (χ1v) is 9.06. The Morgan fingerprint density at radius 1 is 1.00 bits per heavy atom. The first-order valence-electron chi connectivity index (χ1n) is 8.68. The number of aldehydes is 1. The van der Waals surface area contributed by atoms with Crippen molar-refractivity contribution in [2.24, 2.45) is 5.73 Å². The van der Waals surface area contributed by atoms with E-state index in [-0.39, 0.29) is 25.1 Å². The minimum atomic E-state index is -0.889. The second-order valence-electron chi connectivity index (χ2n) is 6.28. The Hall–Kier alpha value is -2.90. The molecule has 7 nitrogen and oxygen atoms in total. The molecule has 0 saturated heterocycles. The number of carbonyl (C=O) groups excluding carboxylic acids is 3. The molecule has 2 rings (SSSR count). The van der Waals surface area contributed by atoms with Gasteiger partial charge in [-0.1, -0.05) is 35.9 Å². The number of phenolic OH excluding ortho intramolecular Hbond substituents is 1. The summed E-state index contributed by atoms with van der Waals surface area (Å²) in [5, 5.41) is 15.1. The molecule has 0 aliphatic heterocycles. The number of halogens is 1. The fraction of sp³-hybridized carbons (Fsp3) is 0.250. The van der Waals surface area contributed by atoms with Crippen molar-refractivity contribution >= 4 is 29.7 Å². The SMILES string of the molecule is NCC(=O)N[C@@H](Cc1ccc(Cl)cc1)C(=O)N[C@H](C=O)Cc1ccc(O)cc1. The molecule has 0 aliphatic rings. The van der Waals surface area contributed by atoms with Gasteiger partial charge in [-0.2, -0.15) is 0 Å². The summed E-state index contributed by atoms with van der Waals surface area (Å²) >= 11 is 5.87. The van der Waals surface area contributed by atoms with Crippen LogP contribution in [0.2, 0.25) is 5.02 Å². The number of rotatable bonds is 9. The number of benzene rings is 2. The van der Waals surface area contributed by atoms with Gasteiger partial charge in [0.15, 0.2) is 0 Å². The van der Waals surface area contributed by atoms with Crippen LogP contribution in [0.1, 0.15) is 11.1 Å². The highest BCUT2D eigenvalue weighted by Crippen LogP contribution is 2.13. The highest BCUT2D eigenvalue weighted by atomic mass is 35.5. The lowest BCUT2D eigenvalue weighted by molar-refractivity contribution is -0.129. The molecule has 0 aliphatic carbocycles. The van der Waals surface area contributed by atoms with Crippen molar-refractivity contribution in [2.75, 3.05) is 6.54 Å². The number of hydrogen-bond acceptors (Lipinski definition) is 5. The summed E-state index contributed by atoms with van der Waals surface area (Å²) in [6.07, 6.45) is 1.11. The molecule has 0 fully saturated rings. The number of hydrogen-bond donors (Lipinski definition) is 4. The van der Waals surface area contributed by atoms with Crippen LogP contribution >= 0.6 is 11.6 Å². The van der Waals surface area contributed by atoms with Gasteiger partial charge in [-0.25, -0.2) is 0 Å². The molecule has 148 valence electrons. The smallest absolute Gasteiger partial charge is 0.243 e. The Kier molecular flexibility index (Phi) is 7.98. The lowest BCUT2D eigenvalue weighted by Gasteiger charge is -2.21. The quantitative estimate of drug-likeness (QED) is 0.464. The minimum Gasteiger partial charge on any atom is -0.508 e. The summed E-state index contributed by atoms with van der Waals surface area (Å²) in [5.74, 6) is -0.856. The molecule has 28 heavy (non-hydrogen) atoms. The Bertz CT molecular complexity index is 809. The summed E-state index contributed by atoms with van der Waals surface area (Å²) in [6, 6.07) is 11.6. The second kappa shape index (κ2) is 10.4. The second-order valence-corrected chi connectivity index (χ2v) is 6.71. The molecule has 0 saturated carbocycles. The van der Waals surface area contributed by atoms with Crippen LogP contribution in [0.5, 0.6) is 5.75 Å². The van der Waals surface area contributed by atoms with Crippen molar-refractivity contribution in [1.82, 2.24) is 10.6 Å². The Balaban J connectivity index is 2.08. The van der Waals surface area contributed by atoms with Gasteiger partial charge in [-0.3, -0.25) is 9.59 Å². The van der Waals surface area contributed by atoms with E-state index in [1.165, 1.54) is 12.1 Å². The van der Waals surface area contributed by atoms with Crippen LogP contribution in [-0.2, 0) is 27.2 Å². The van der Waals surface area contributed by atoms with Crippen LogP contribution in [0.4, 0.5) is 0 Å². The van der Waals surface area contributed by atoms with E-state index in [9.17, 15) is 19.5 Å². The van der Waals surface area contributed by atoms with Crippen LogP contribution in [0.15, 0.2) is 48.5 Å². The van der Waals surface area contributed by atoms with Crippen LogP contribution in [-0.4, -0.2) is 41.8 Å². The monoisotopic (exact) mass is 403 g/mol. The molecule has 2 aromatic rings. The highest BCUT2D eigenvalue weighted by molar-refractivity contribution is 6.30. The highest BCUT2D eigenvalue weighted by Gasteiger charge is 2.23. The molecule has 2 atom stereocenters. The van der Waals surface area contributed by atoms with E-state index >= 15 is 0 Å². The van der Waals surface area contributed by atoms with E-state index in [1.54, 1.807) is 36.4 Å². The first kappa shape index (κ1) is 21.4. The molecule has 8 heteroatoms. The normalized spacial score (nSPS) is 12.6. The molecular weight excluding hydrogens is 382 g/mol. The fourth-order valence-corrected chi connectivity index (χ4v) is 2.75. The number of phenols is 1. The van der Waals surface area contributed by atoms with Gasteiger partial charge in [-0.05, 0) is 41.8 Å².